The van der Waals surface area contributed by atoms with Gasteiger partial charge >= 0.3 is 0 Å². The number of aromatic nitrogens is 1. The van der Waals surface area contributed by atoms with Crippen molar-refractivity contribution in [1.82, 2.24) is 15.2 Å². The fourth-order valence-electron chi connectivity index (χ4n) is 2.79. The topological polar surface area (TPSA) is 28.2 Å². The van der Waals surface area contributed by atoms with Crippen LogP contribution in [0.1, 0.15) is 57.2 Å². The molecule has 1 aromatic heterocycles. The van der Waals surface area contributed by atoms with Crippen LogP contribution in [-0.2, 0) is 12.0 Å². The Morgan fingerprint density at radius 1 is 1.25 bits per heavy atom. The highest BCUT2D eigenvalue weighted by molar-refractivity contribution is 7.09. The molecule has 0 radical (unpaired) electrons. The van der Waals surface area contributed by atoms with Crippen LogP contribution in [0.15, 0.2) is 5.38 Å². The van der Waals surface area contributed by atoms with Crippen molar-refractivity contribution in [2.75, 3.05) is 26.2 Å². The first-order chi connectivity index (χ1) is 9.64. The number of thiazole rings is 1. The first-order valence-electron chi connectivity index (χ1n) is 8.05. The normalized spacial score (nSPS) is 17.6. The van der Waals surface area contributed by atoms with Crippen molar-refractivity contribution in [3.8, 4) is 0 Å². The molecule has 114 valence electrons. The van der Waals surface area contributed by atoms with Crippen LogP contribution in [-0.4, -0.2) is 36.1 Å². The molecular formula is C16H29N3S. The SMILES string of the molecule is CCCCCCc1csc(C(C)(C)N2CCNCC2)n1. The lowest BCUT2D eigenvalue weighted by Crippen LogP contribution is -2.51. The van der Waals surface area contributed by atoms with Crippen molar-refractivity contribution in [2.24, 2.45) is 0 Å². The summed E-state index contributed by atoms with van der Waals surface area (Å²) in [7, 11) is 0. The number of aryl methyl sites for hydroxylation is 1. The maximum absolute atomic E-state index is 4.91. The van der Waals surface area contributed by atoms with Gasteiger partial charge in [-0.05, 0) is 26.7 Å². The smallest absolute Gasteiger partial charge is 0.113 e. The Balaban J connectivity index is 1.92. The second kappa shape index (κ2) is 7.53. The fraction of sp³-hybridized carbons (Fsp3) is 0.812. The molecule has 1 saturated heterocycles. The van der Waals surface area contributed by atoms with Gasteiger partial charge in [0, 0.05) is 31.6 Å². The lowest BCUT2D eigenvalue weighted by molar-refractivity contribution is 0.102. The Bertz CT molecular complexity index is 394. The summed E-state index contributed by atoms with van der Waals surface area (Å²) >= 11 is 1.84. The highest BCUT2D eigenvalue weighted by Crippen LogP contribution is 2.30. The summed E-state index contributed by atoms with van der Waals surface area (Å²) in [6.45, 7) is 11.3. The quantitative estimate of drug-likeness (QED) is 0.781. The van der Waals surface area contributed by atoms with Gasteiger partial charge in [-0.1, -0.05) is 26.2 Å². The number of nitrogens with zero attached hydrogens (tertiary/aromatic N) is 2. The average molecular weight is 295 g/mol. The Hall–Kier alpha value is -0.450. The lowest BCUT2D eigenvalue weighted by atomic mass is 10.0. The van der Waals surface area contributed by atoms with Crippen LogP contribution in [0, 0.1) is 0 Å². The van der Waals surface area contributed by atoms with Gasteiger partial charge in [-0.2, -0.15) is 0 Å². The molecule has 0 unspecified atom stereocenters. The van der Waals surface area contributed by atoms with E-state index in [1.165, 1.54) is 36.4 Å². The molecule has 3 nitrogen and oxygen atoms in total. The van der Waals surface area contributed by atoms with E-state index >= 15 is 0 Å². The molecule has 0 aliphatic carbocycles. The molecule has 1 fully saturated rings. The third kappa shape index (κ3) is 4.03. The molecule has 20 heavy (non-hydrogen) atoms. The highest BCUT2D eigenvalue weighted by atomic mass is 32.1. The van der Waals surface area contributed by atoms with Crippen LogP contribution in [0.4, 0.5) is 0 Å². The molecule has 1 aromatic rings. The molecule has 0 atom stereocenters. The summed E-state index contributed by atoms with van der Waals surface area (Å²) in [4.78, 5) is 7.47. The van der Waals surface area contributed by atoms with Crippen molar-refractivity contribution in [1.29, 1.82) is 0 Å². The maximum Gasteiger partial charge on any atom is 0.113 e. The number of unbranched alkanes of at least 4 members (excludes halogenated alkanes) is 3. The predicted octanol–water partition coefficient (Wildman–Crippen LogP) is 3.41. The molecule has 1 aliphatic rings. The molecule has 0 amide bonds. The van der Waals surface area contributed by atoms with Crippen molar-refractivity contribution in [2.45, 2.75) is 58.4 Å². The van der Waals surface area contributed by atoms with E-state index in [0.717, 1.165) is 32.6 Å². The number of piperazine rings is 1. The summed E-state index contributed by atoms with van der Waals surface area (Å²) < 4.78 is 0. The molecule has 4 heteroatoms. The predicted molar refractivity (Wildman–Crippen MR) is 87.4 cm³/mol. The number of nitrogens with one attached hydrogen (secondary N) is 1. The second-order valence-electron chi connectivity index (χ2n) is 6.25. The zero-order valence-corrected chi connectivity index (χ0v) is 14.1. The average Bonchev–Trinajstić information content (AvgIpc) is 2.94. The van der Waals surface area contributed by atoms with Crippen LogP contribution >= 0.6 is 11.3 Å². The number of rotatable bonds is 7. The van der Waals surface area contributed by atoms with Crippen LogP contribution < -0.4 is 5.32 Å². The minimum absolute atomic E-state index is 0.0778. The van der Waals surface area contributed by atoms with E-state index in [2.05, 4.69) is 36.4 Å². The Labute approximate surface area is 127 Å². The minimum Gasteiger partial charge on any atom is -0.314 e. The van der Waals surface area contributed by atoms with Gasteiger partial charge in [0.15, 0.2) is 0 Å². The van der Waals surface area contributed by atoms with Gasteiger partial charge in [-0.25, -0.2) is 4.98 Å². The van der Waals surface area contributed by atoms with Gasteiger partial charge in [0.05, 0.1) is 11.2 Å². The number of hydrogen-bond acceptors (Lipinski definition) is 4. The first kappa shape index (κ1) is 15.9. The van der Waals surface area contributed by atoms with E-state index in [1.807, 2.05) is 11.3 Å². The van der Waals surface area contributed by atoms with E-state index in [4.69, 9.17) is 4.98 Å². The zero-order valence-electron chi connectivity index (χ0n) is 13.2. The highest BCUT2D eigenvalue weighted by Gasteiger charge is 2.32. The minimum atomic E-state index is 0.0778. The van der Waals surface area contributed by atoms with Crippen molar-refractivity contribution in [3.05, 3.63) is 16.1 Å². The van der Waals surface area contributed by atoms with E-state index in [-0.39, 0.29) is 5.54 Å². The molecule has 2 heterocycles. The molecule has 2 rings (SSSR count). The summed E-state index contributed by atoms with van der Waals surface area (Å²) in [6.07, 6.45) is 6.42. The third-order valence-electron chi connectivity index (χ3n) is 4.27. The van der Waals surface area contributed by atoms with Crippen LogP contribution in [0.3, 0.4) is 0 Å². The van der Waals surface area contributed by atoms with Crippen molar-refractivity contribution >= 4 is 11.3 Å². The molecule has 0 aromatic carbocycles. The molecule has 1 N–H and O–H groups in total. The van der Waals surface area contributed by atoms with E-state index in [0.29, 0.717) is 0 Å². The van der Waals surface area contributed by atoms with Gasteiger partial charge in [-0.15, -0.1) is 11.3 Å². The summed E-state index contributed by atoms with van der Waals surface area (Å²) in [5, 5.41) is 6.98. The lowest BCUT2D eigenvalue weighted by Gasteiger charge is -2.39. The molecular weight excluding hydrogens is 266 g/mol. The first-order valence-corrected chi connectivity index (χ1v) is 8.93. The van der Waals surface area contributed by atoms with Crippen LogP contribution in [0.25, 0.3) is 0 Å². The monoisotopic (exact) mass is 295 g/mol. The summed E-state index contributed by atoms with van der Waals surface area (Å²) in [5.41, 5.74) is 1.37. The second-order valence-corrected chi connectivity index (χ2v) is 7.11. The Morgan fingerprint density at radius 2 is 2.00 bits per heavy atom. The summed E-state index contributed by atoms with van der Waals surface area (Å²) in [6, 6.07) is 0. The Kier molecular flexibility index (Phi) is 6.00. The van der Waals surface area contributed by atoms with Crippen molar-refractivity contribution < 1.29 is 0 Å². The standard InChI is InChI=1S/C16H29N3S/c1-4-5-6-7-8-14-13-20-15(18-14)16(2,3)19-11-9-17-10-12-19/h13,17H,4-12H2,1-3H3. The Morgan fingerprint density at radius 3 is 2.70 bits per heavy atom. The van der Waals surface area contributed by atoms with Gasteiger partial charge in [-0.3, -0.25) is 4.90 Å². The largest absolute Gasteiger partial charge is 0.314 e. The van der Waals surface area contributed by atoms with Gasteiger partial charge in [0.2, 0.25) is 0 Å². The van der Waals surface area contributed by atoms with Crippen molar-refractivity contribution in [3.63, 3.8) is 0 Å². The van der Waals surface area contributed by atoms with Gasteiger partial charge in [0.25, 0.3) is 0 Å². The molecule has 0 spiro atoms. The van der Waals surface area contributed by atoms with E-state index in [1.54, 1.807) is 0 Å². The molecule has 0 bridgehead atoms. The number of hydrogen-bond donors (Lipinski definition) is 1. The van der Waals surface area contributed by atoms with Crippen LogP contribution in [0.2, 0.25) is 0 Å². The van der Waals surface area contributed by atoms with Gasteiger partial charge in [0.1, 0.15) is 5.01 Å². The van der Waals surface area contributed by atoms with E-state index in [9.17, 15) is 0 Å². The summed E-state index contributed by atoms with van der Waals surface area (Å²) in [5.74, 6) is 0. The third-order valence-corrected chi connectivity index (χ3v) is 5.47. The zero-order chi connectivity index (χ0) is 14.4. The molecule has 0 saturated carbocycles. The fourth-order valence-corrected chi connectivity index (χ4v) is 3.80. The molecule has 1 aliphatic heterocycles. The van der Waals surface area contributed by atoms with Gasteiger partial charge < -0.3 is 5.32 Å². The van der Waals surface area contributed by atoms with Crippen LogP contribution in [0.5, 0.6) is 0 Å². The maximum atomic E-state index is 4.91. The van der Waals surface area contributed by atoms with E-state index < -0.39 is 0 Å².